The number of carbonyl (C=O) groups is 3. The predicted octanol–water partition coefficient (Wildman–Crippen LogP) is 18.8. The van der Waals surface area contributed by atoms with E-state index in [9.17, 15) is 14.4 Å². The Morgan fingerprint density at radius 3 is 1.03 bits per heavy atom. The van der Waals surface area contributed by atoms with Gasteiger partial charge in [0, 0.05) is 19.3 Å². The molecule has 1 unspecified atom stereocenters. The summed E-state index contributed by atoms with van der Waals surface area (Å²) in [5.41, 5.74) is 0. The van der Waals surface area contributed by atoms with Crippen molar-refractivity contribution in [3.63, 3.8) is 0 Å². The summed E-state index contributed by atoms with van der Waals surface area (Å²) in [6, 6.07) is 0. The number of hydrogen-bond donors (Lipinski definition) is 0. The maximum absolute atomic E-state index is 12.8. The zero-order valence-electron chi connectivity index (χ0n) is 43.7. The Hall–Kier alpha value is -2.89. The van der Waals surface area contributed by atoms with E-state index < -0.39 is 6.10 Å². The lowest BCUT2D eigenvalue weighted by atomic mass is 10.0. The molecule has 0 spiro atoms. The van der Waals surface area contributed by atoms with Crippen molar-refractivity contribution in [2.45, 2.75) is 290 Å². The minimum atomic E-state index is -0.786. The van der Waals surface area contributed by atoms with E-state index in [1.165, 1.54) is 135 Å². The fourth-order valence-electron chi connectivity index (χ4n) is 8.07. The zero-order chi connectivity index (χ0) is 47.9. The van der Waals surface area contributed by atoms with Gasteiger partial charge in [0.25, 0.3) is 0 Å². The number of ether oxygens (including phenoxy) is 3. The first-order chi connectivity index (χ1) is 32.5. The van der Waals surface area contributed by atoms with Crippen LogP contribution in [0.15, 0.2) is 60.8 Å². The van der Waals surface area contributed by atoms with Gasteiger partial charge in [0.1, 0.15) is 13.2 Å². The van der Waals surface area contributed by atoms with Crippen molar-refractivity contribution in [3.8, 4) is 0 Å². The maximum atomic E-state index is 12.8. The predicted molar refractivity (Wildman–Crippen MR) is 284 cm³/mol. The first-order valence-corrected chi connectivity index (χ1v) is 28.3. The van der Waals surface area contributed by atoms with Gasteiger partial charge in [-0.2, -0.15) is 0 Å². The second-order valence-corrected chi connectivity index (χ2v) is 18.9. The van der Waals surface area contributed by atoms with Gasteiger partial charge in [-0.25, -0.2) is 0 Å². The molecule has 0 aliphatic heterocycles. The van der Waals surface area contributed by atoms with Crippen LogP contribution in [0.4, 0.5) is 0 Å². The van der Waals surface area contributed by atoms with E-state index in [4.69, 9.17) is 14.2 Å². The molecular formula is C60H106O6. The van der Waals surface area contributed by atoms with E-state index in [1.807, 2.05) is 0 Å². The molecule has 0 saturated heterocycles. The first-order valence-electron chi connectivity index (χ1n) is 28.3. The van der Waals surface area contributed by atoms with E-state index in [0.717, 1.165) is 109 Å². The maximum Gasteiger partial charge on any atom is 0.306 e. The topological polar surface area (TPSA) is 78.9 Å². The summed E-state index contributed by atoms with van der Waals surface area (Å²) in [6.45, 7) is 6.51. The van der Waals surface area contributed by atoms with Crippen LogP contribution in [0.25, 0.3) is 0 Å². The summed E-state index contributed by atoms with van der Waals surface area (Å²) < 4.78 is 16.8. The zero-order valence-corrected chi connectivity index (χ0v) is 43.7. The van der Waals surface area contributed by atoms with Crippen molar-refractivity contribution >= 4 is 17.9 Å². The van der Waals surface area contributed by atoms with Crippen LogP contribution in [0, 0.1) is 0 Å². The third-order valence-corrected chi connectivity index (χ3v) is 12.3. The van der Waals surface area contributed by atoms with Gasteiger partial charge in [0.2, 0.25) is 0 Å². The first kappa shape index (κ1) is 63.1. The molecule has 0 radical (unpaired) electrons. The smallest absolute Gasteiger partial charge is 0.306 e. The largest absolute Gasteiger partial charge is 0.462 e. The lowest BCUT2D eigenvalue weighted by Crippen LogP contribution is -2.30. The van der Waals surface area contributed by atoms with Crippen molar-refractivity contribution in [2.75, 3.05) is 13.2 Å². The molecule has 0 aromatic carbocycles. The summed E-state index contributed by atoms with van der Waals surface area (Å²) in [4.78, 5) is 38.1. The van der Waals surface area contributed by atoms with Gasteiger partial charge < -0.3 is 14.2 Å². The standard InChI is InChI=1S/C60H106O6/c1-4-7-10-13-16-19-22-25-27-29-31-33-35-38-41-44-47-50-53-59(62)65-56-57(55-64-58(61)52-49-46-43-40-37-24-21-18-15-12-9-6-3)66-60(63)54-51-48-45-42-39-36-34-32-30-28-26-23-20-17-14-11-8-5-2/h9,12,18,21-22,25,27,29,31,33,57H,4-8,10-11,13-17,19-20,23-24,26,28,30,32,34-56H2,1-3H3/b12-9-,21-18-,25-22-,29-27-,33-31-. The number of hydrogen-bond acceptors (Lipinski definition) is 6. The molecule has 1 atom stereocenters. The molecule has 0 fully saturated rings. The molecule has 0 heterocycles. The molecule has 6 nitrogen and oxygen atoms in total. The Kier molecular flexibility index (Phi) is 52.3. The van der Waals surface area contributed by atoms with Crippen LogP contribution in [-0.2, 0) is 28.6 Å². The monoisotopic (exact) mass is 923 g/mol. The Bertz CT molecular complexity index is 1200. The van der Waals surface area contributed by atoms with E-state index in [1.54, 1.807) is 0 Å². The minimum Gasteiger partial charge on any atom is -0.462 e. The molecule has 0 N–H and O–H groups in total. The van der Waals surface area contributed by atoms with Gasteiger partial charge in [-0.3, -0.25) is 14.4 Å². The minimum absolute atomic E-state index is 0.0864. The molecule has 0 bridgehead atoms. The van der Waals surface area contributed by atoms with Crippen molar-refractivity contribution in [2.24, 2.45) is 0 Å². The van der Waals surface area contributed by atoms with Crippen molar-refractivity contribution in [3.05, 3.63) is 60.8 Å². The molecule has 6 heteroatoms. The van der Waals surface area contributed by atoms with Crippen LogP contribution < -0.4 is 0 Å². The van der Waals surface area contributed by atoms with Crippen molar-refractivity contribution < 1.29 is 28.6 Å². The lowest BCUT2D eigenvalue weighted by molar-refractivity contribution is -0.167. The van der Waals surface area contributed by atoms with Gasteiger partial charge in [-0.1, -0.05) is 255 Å². The normalized spacial score (nSPS) is 12.5. The molecule has 0 aromatic heterocycles. The highest BCUT2D eigenvalue weighted by molar-refractivity contribution is 5.71. The second-order valence-electron chi connectivity index (χ2n) is 18.9. The molecule has 0 amide bonds. The number of rotatable bonds is 51. The van der Waals surface area contributed by atoms with Gasteiger partial charge in [-0.15, -0.1) is 0 Å². The second kappa shape index (κ2) is 54.7. The summed E-state index contributed by atoms with van der Waals surface area (Å²) >= 11 is 0. The number of esters is 3. The van der Waals surface area contributed by atoms with Crippen molar-refractivity contribution in [1.82, 2.24) is 0 Å². The molecule has 66 heavy (non-hydrogen) atoms. The number of unbranched alkanes of at least 4 members (excludes halogenated alkanes) is 32. The highest BCUT2D eigenvalue weighted by atomic mass is 16.6. The van der Waals surface area contributed by atoms with Gasteiger partial charge in [0.05, 0.1) is 0 Å². The average molecular weight is 924 g/mol. The Morgan fingerprint density at radius 2 is 0.652 bits per heavy atom. The summed E-state index contributed by atoms with van der Waals surface area (Å²) in [6.07, 6.45) is 67.8. The van der Waals surface area contributed by atoms with E-state index in [-0.39, 0.29) is 31.1 Å². The average Bonchev–Trinajstić information content (AvgIpc) is 3.31. The molecule has 0 aliphatic carbocycles. The highest BCUT2D eigenvalue weighted by Crippen LogP contribution is 2.16. The summed E-state index contributed by atoms with van der Waals surface area (Å²) in [7, 11) is 0. The van der Waals surface area contributed by atoms with Crippen LogP contribution in [0.3, 0.4) is 0 Å². The van der Waals surface area contributed by atoms with Crippen molar-refractivity contribution in [1.29, 1.82) is 0 Å². The van der Waals surface area contributed by atoms with Crippen LogP contribution >= 0.6 is 0 Å². The Balaban J connectivity index is 4.38. The lowest BCUT2D eigenvalue weighted by Gasteiger charge is -2.18. The summed E-state index contributed by atoms with van der Waals surface area (Å²) in [5.74, 6) is -0.908. The molecule has 0 saturated carbocycles. The summed E-state index contributed by atoms with van der Waals surface area (Å²) in [5, 5.41) is 0. The van der Waals surface area contributed by atoms with Gasteiger partial charge in [-0.05, 0) is 70.6 Å². The van der Waals surface area contributed by atoms with E-state index in [2.05, 4.69) is 81.5 Å². The third-order valence-electron chi connectivity index (χ3n) is 12.3. The molecule has 0 aromatic rings. The SMILES string of the molecule is CC/C=C\C/C=C\CCCCCCCC(=O)OCC(COC(=O)CCCCCCC\C=C/C=C\C=C/CCCCCCC)OC(=O)CCCCCCCCCCCCCCCCCCCC. The van der Waals surface area contributed by atoms with E-state index in [0.29, 0.717) is 19.3 Å². The van der Waals surface area contributed by atoms with E-state index >= 15 is 0 Å². The third kappa shape index (κ3) is 52.1. The molecular weight excluding hydrogens is 817 g/mol. The van der Waals surface area contributed by atoms with Gasteiger partial charge in [0.15, 0.2) is 6.10 Å². The Morgan fingerprint density at radius 1 is 0.333 bits per heavy atom. The molecule has 0 rings (SSSR count). The van der Waals surface area contributed by atoms with Crippen LogP contribution in [-0.4, -0.2) is 37.2 Å². The quantitative estimate of drug-likeness (QED) is 0.0199. The van der Waals surface area contributed by atoms with Crippen LogP contribution in [0.2, 0.25) is 0 Å². The Labute approximate surface area is 409 Å². The fraction of sp³-hybridized carbons (Fsp3) is 0.783. The van der Waals surface area contributed by atoms with Gasteiger partial charge >= 0.3 is 17.9 Å². The van der Waals surface area contributed by atoms with Crippen LogP contribution in [0.1, 0.15) is 284 Å². The number of allylic oxidation sites excluding steroid dienone is 10. The number of carbonyl (C=O) groups excluding carboxylic acids is 3. The molecule has 382 valence electrons. The fourth-order valence-corrected chi connectivity index (χ4v) is 8.07. The highest BCUT2D eigenvalue weighted by Gasteiger charge is 2.19. The molecule has 0 aliphatic rings. The van der Waals surface area contributed by atoms with Crippen LogP contribution in [0.5, 0.6) is 0 Å².